The predicted molar refractivity (Wildman–Crippen MR) is 72.3 cm³/mol. The van der Waals surface area contributed by atoms with E-state index >= 15 is 0 Å². The van der Waals surface area contributed by atoms with Gasteiger partial charge in [0, 0.05) is 12.6 Å². The van der Waals surface area contributed by atoms with Crippen LogP contribution in [0.25, 0.3) is 0 Å². The second-order valence-corrected chi connectivity index (χ2v) is 4.37. The van der Waals surface area contributed by atoms with Gasteiger partial charge in [0.05, 0.1) is 11.8 Å². The minimum atomic E-state index is -0.886. The Balaban J connectivity index is 2.05. The summed E-state index contributed by atoms with van der Waals surface area (Å²) in [5, 5.41) is 9.12. The minimum Gasteiger partial charge on any atom is -0.298 e. The van der Waals surface area contributed by atoms with Crippen molar-refractivity contribution >= 4 is 5.78 Å². The number of nitriles is 1. The van der Waals surface area contributed by atoms with E-state index in [1.165, 1.54) is 6.07 Å². The number of halogens is 1. The topological polar surface area (TPSA) is 53.8 Å². The lowest BCUT2D eigenvalue weighted by Crippen LogP contribution is -2.13. The fraction of sp³-hybridized carbons (Fsp3) is 0.188. The Kier molecular flexibility index (Phi) is 4.56. The maximum absolute atomic E-state index is 13.5. The van der Waals surface area contributed by atoms with E-state index in [9.17, 15) is 9.18 Å². The molecule has 0 bridgehead atoms. The van der Waals surface area contributed by atoms with Crippen LogP contribution < -0.4 is 0 Å². The molecule has 20 heavy (non-hydrogen) atoms. The van der Waals surface area contributed by atoms with Gasteiger partial charge in [0.2, 0.25) is 0 Å². The normalized spacial score (nSPS) is 11.6. The van der Waals surface area contributed by atoms with Crippen molar-refractivity contribution in [3.8, 4) is 6.07 Å². The van der Waals surface area contributed by atoms with Crippen LogP contribution in [0.2, 0.25) is 0 Å². The van der Waals surface area contributed by atoms with Crippen LogP contribution in [-0.2, 0) is 11.2 Å². The third kappa shape index (κ3) is 3.27. The fourth-order valence-corrected chi connectivity index (χ4v) is 1.95. The van der Waals surface area contributed by atoms with Gasteiger partial charge in [-0.05, 0) is 30.2 Å². The zero-order chi connectivity index (χ0) is 14.4. The van der Waals surface area contributed by atoms with Crippen LogP contribution >= 0.6 is 0 Å². The zero-order valence-electron chi connectivity index (χ0n) is 10.8. The maximum Gasteiger partial charge on any atom is 0.156 e. The van der Waals surface area contributed by atoms with Gasteiger partial charge in [-0.2, -0.15) is 5.26 Å². The molecule has 100 valence electrons. The molecule has 1 heterocycles. The number of ketones is 1. The predicted octanol–water partition coefficient (Wildman–Crippen LogP) is 3.03. The molecule has 0 radical (unpaired) electrons. The van der Waals surface area contributed by atoms with E-state index in [-0.39, 0.29) is 24.4 Å². The maximum atomic E-state index is 13.5. The van der Waals surface area contributed by atoms with Crippen LogP contribution in [0.15, 0.2) is 48.7 Å². The third-order valence-electron chi connectivity index (χ3n) is 3.03. The van der Waals surface area contributed by atoms with Crippen LogP contribution in [0.3, 0.4) is 0 Å². The standard InChI is InChI=1S/C16H13FN2O/c17-14-6-2-1-5-12(14)8-9-16(20)13(11-18)15-7-3-4-10-19-15/h1-7,10,13H,8-9H2/t13-/m1/s1. The number of aryl methyl sites for hydroxylation is 1. The van der Waals surface area contributed by atoms with E-state index in [1.54, 1.807) is 42.6 Å². The first-order valence-electron chi connectivity index (χ1n) is 6.29. The largest absolute Gasteiger partial charge is 0.298 e. The summed E-state index contributed by atoms with van der Waals surface area (Å²) in [6, 6.07) is 13.4. The summed E-state index contributed by atoms with van der Waals surface area (Å²) in [6.45, 7) is 0. The van der Waals surface area contributed by atoms with Crippen molar-refractivity contribution in [3.63, 3.8) is 0 Å². The highest BCUT2D eigenvalue weighted by Crippen LogP contribution is 2.17. The highest BCUT2D eigenvalue weighted by atomic mass is 19.1. The lowest BCUT2D eigenvalue weighted by molar-refractivity contribution is -0.119. The highest BCUT2D eigenvalue weighted by Gasteiger charge is 2.21. The first-order chi connectivity index (χ1) is 9.72. The van der Waals surface area contributed by atoms with E-state index < -0.39 is 5.92 Å². The highest BCUT2D eigenvalue weighted by molar-refractivity contribution is 5.88. The fourth-order valence-electron chi connectivity index (χ4n) is 1.95. The monoisotopic (exact) mass is 268 g/mol. The molecule has 4 heteroatoms. The number of benzene rings is 1. The molecule has 0 aliphatic heterocycles. The van der Waals surface area contributed by atoms with E-state index in [1.807, 2.05) is 6.07 Å². The smallest absolute Gasteiger partial charge is 0.156 e. The average Bonchev–Trinajstić information content (AvgIpc) is 2.48. The molecule has 2 rings (SSSR count). The summed E-state index contributed by atoms with van der Waals surface area (Å²) in [5.74, 6) is -1.45. The molecule has 0 saturated carbocycles. The van der Waals surface area contributed by atoms with Gasteiger partial charge in [-0.1, -0.05) is 24.3 Å². The number of aromatic nitrogens is 1. The Morgan fingerprint density at radius 2 is 2.00 bits per heavy atom. The quantitative estimate of drug-likeness (QED) is 0.837. The minimum absolute atomic E-state index is 0.121. The number of carbonyl (C=O) groups excluding carboxylic acids is 1. The number of nitrogens with zero attached hydrogens (tertiary/aromatic N) is 2. The van der Waals surface area contributed by atoms with Crippen molar-refractivity contribution in [2.24, 2.45) is 0 Å². The Bertz CT molecular complexity index is 634. The Labute approximate surface area is 116 Å². The van der Waals surface area contributed by atoms with Gasteiger partial charge < -0.3 is 0 Å². The molecule has 1 aromatic heterocycles. The molecular formula is C16H13FN2O. The lowest BCUT2D eigenvalue weighted by atomic mass is 9.96. The van der Waals surface area contributed by atoms with Gasteiger partial charge in [-0.3, -0.25) is 9.78 Å². The molecule has 0 amide bonds. The molecule has 1 aromatic carbocycles. The van der Waals surface area contributed by atoms with Gasteiger partial charge >= 0.3 is 0 Å². The third-order valence-corrected chi connectivity index (χ3v) is 3.03. The van der Waals surface area contributed by atoms with Crippen LogP contribution in [0.1, 0.15) is 23.6 Å². The number of rotatable bonds is 5. The number of pyridine rings is 1. The molecule has 0 unspecified atom stereocenters. The van der Waals surface area contributed by atoms with Crippen molar-refractivity contribution in [3.05, 3.63) is 65.7 Å². The van der Waals surface area contributed by atoms with Crippen molar-refractivity contribution in [2.75, 3.05) is 0 Å². The van der Waals surface area contributed by atoms with Crippen LogP contribution in [0.4, 0.5) is 4.39 Å². The molecule has 3 nitrogen and oxygen atoms in total. The average molecular weight is 268 g/mol. The Morgan fingerprint density at radius 3 is 2.65 bits per heavy atom. The summed E-state index contributed by atoms with van der Waals surface area (Å²) in [4.78, 5) is 16.1. The summed E-state index contributed by atoms with van der Waals surface area (Å²) in [7, 11) is 0. The zero-order valence-corrected chi connectivity index (χ0v) is 10.8. The van der Waals surface area contributed by atoms with Crippen LogP contribution in [-0.4, -0.2) is 10.8 Å². The van der Waals surface area contributed by atoms with Gasteiger partial charge in [-0.25, -0.2) is 4.39 Å². The van der Waals surface area contributed by atoms with Crippen molar-refractivity contribution in [2.45, 2.75) is 18.8 Å². The summed E-state index contributed by atoms with van der Waals surface area (Å²) in [5.41, 5.74) is 0.923. The van der Waals surface area contributed by atoms with E-state index in [2.05, 4.69) is 4.98 Å². The van der Waals surface area contributed by atoms with Gasteiger partial charge in [0.25, 0.3) is 0 Å². The molecule has 0 aliphatic rings. The molecule has 0 aliphatic carbocycles. The Morgan fingerprint density at radius 1 is 1.25 bits per heavy atom. The number of hydrogen-bond donors (Lipinski definition) is 0. The molecule has 0 saturated heterocycles. The number of carbonyl (C=O) groups is 1. The molecular weight excluding hydrogens is 255 g/mol. The molecule has 0 spiro atoms. The van der Waals surface area contributed by atoms with E-state index in [4.69, 9.17) is 5.26 Å². The van der Waals surface area contributed by atoms with Crippen LogP contribution in [0.5, 0.6) is 0 Å². The van der Waals surface area contributed by atoms with Crippen molar-refractivity contribution in [1.82, 2.24) is 4.98 Å². The number of hydrogen-bond acceptors (Lipinski definition) is 3. The lowest BCUT2D eigenvalue weighted by Gasteiger charge is -2.07. The molecule has 0 N–H and O–H groups in total. The van der Waals surface area contributed by atoms with Gasteiger partial charge in [0.15, 0.2) is 5.78 Å². The van der Waals surface area contributed by atoms with Crippen LogP contribution in [0, 0.1) is 17.1 Å². The summed E-state index contributed by atoms with van der Waals surface area (Å²) in [6.07, 6.45) is 1.95. The molecule has 2 aromatic rings. The van der Waals surface area contributed by atoms with Crippen molar-refractivity contribution in [1.29, 1.82) is 5.26 Å². The molecule has 0 fully saturated rings. The molecule has 1 atom stereocenters. The van der Waals surface area contributed by atoms with Gasteiger partial charge in [-0.15, -0.1) is 0 Å². The first-order valence-corrected chi connectivity index (χ1v) is 6.29. The van der Waals surface area contributed by atoms with Gasteiger partial charge in [0.1, 0.15) is 11.7 Å². The van der Waals surface area contributed by atoms with E-state index in [0.717, 1.165) is 0 Å². The second-order valence-electron chi connectivity index (χ2n) is 4.37. The summed E-state index contributed by atoms with van der Waals surface area (Å²) < 4.78 is 13.5. The Hall–Kier alpha value is -2.54. The van der Waals surface area contributed by atoms with E-state index in [0.29, 0.717) is 11.3 Å². The van der Waals surface area contributed by atoms with Crippen molar-refractivity contribution < 1.29 is 9.18 Å². The first kappa shape index (κ1) is 13.9. The summed E-state index contributed by atoms with van der Waals surface area (Å²) >= 11 is 0. The number of Topliss-reactive ketones (excluding diaryl/α,β-unsaturated/α-hetero) is 1. The second kappa shape index (κ2) is 6.58. The SMILES string of the molecule is N#C[C@@H](C(=O)CCc1ccccc1F)c1ccccn1.